The Balaban J connectivity index is 1.83. The van der Waals surface area contributed by atoms with E-state index in [4.69, 9.17) is 5.11 Å². The first-order valence-electron chi connectivity index (χ1n) is 6.80. The number of benzene rings is 2. The molecule has 0 spiro atoms. The van der Waals surface area contributed by atoms with Gasteiger partial charge in [0.15, 0.2) is 5.17 Å². The third kappa shape index (κ3) is 3.67. The Morgan fingerprint density at radius 3 is 2.65 bits per heavy atom. The van der Waals surface area contributed by atoms with E-state index in [0.29, 0.717) is 15.8 Å². The maximum Gasteiger partial charge on any atom is 0.335 e. The summed E-state index contributed by atoms with van der Waals surface area (Å²) in [6.45, 7) is 0. The summed E-state index contributed by atoms with van der Waals surface area (Å²) < 4.78 is 0. The van der Waals surface area contributed by atoms with E-state index in [1.807, 2.05) is 30.3 Å². The van der Waals surface area contributed by atoms with E-state index < -0.39 is 5.97 Å². The minimum absolute atomic E-state index is 0.154. The Bertz CT molecular complexity index is 829. The van der Waals surface area contributed by atoms with E-state index in [0.717, 1.165) is 5.56 Å². The van der Waals surface area contributed by atoms with Gasteiger partial charge in [0.2, 0.25) is 0 Å². The highest BCUT2D eigenvalue weighted by molar-refractivity contribution is 8.18. The van der Waals surface area contributed by atoms with Gasteiger partial charge in [0.1, 0.15) is 0 Å². The van der Waals surface area contributed by atoms with Gasteiger partial charge in [-0.3, -0.25) is 4.79 Å². The maximum absolute atomic E-state index is 12.0. The van der Waals surface area contributed by atoms with Gasteiger partial charge in [0.25, 0.3) is 5.91 Å². The molecule has 5 nitrogen and oxygen atoms in total. The SMILES string of the molecule is O=C1NC(=Nc2cccc(C(=O)O)c2)S/C1=C\c1ccccc1. The van der Waals surface area contributed by atoms with Crippen LogP contribution in [0.2, 0.25) is 0 Å². The summed E-state index contributed by atoms with van der Waals surface area (Å²) >= 11 is 1.23. The average Bonchev–Trinajstić information content (AvgIpc) is 2.88. The van der Waals surface area contributed by atoms with Crippen LogP contribution in [-0.4, -0.2) is 22.2 Å². The molecule has 0 aromatic heterocycles. The molecule has 1 amide bonds. The molecule has 1 saturated heterocycles. The van der Waals surface area contributed by atoms with E-state index in [9.17, 15) is 9.59 Å². The van der Waals surface area contributed by atoms with Crippen LogP contribution in [-0.2, 0) is 4.79 Å². The normalized spacial score (nSPS) is 17.5. The number of nitrogens with one attached hydrogen (secondary N) is 1. The third-order valence-electron chi connectivity index (χ3n) is 3.07. The number of aliphatic imine (C=N–C) groups is 1. The first-order chi connectivity index (χ1) is 11.1. The lowest BCUT2D eigenvalue weighted by molar-refractivity contribution is -0.115. The zero-order valence-corrected chi connectivity index (χ0v) is 12.7. The van der Waals surface area contributed by atoms with Gasteiger partial charge in [-0.1, -0.05) is 36.4 Å². The van der Waals surface area contributed by atoms with Crippen LogP contribution in [0.15, 0.2) is 64.5 Å². The van der Waals surface area contributed by atoms with Crippen molar-refractivity contribution in [1.82, 2.24) is 5.32 Å². The molecule has 1 fully saturated rings. The lowest BCUT2D eigenvalue weighted by Gasteiger charge is -1.98. The van der Waals surface area contributed by atoms with Gasteiger partial charge < -0.3 is 10.4 Å². The Kier molecular flexibility index (Phi) is 4.25. The molecule has 2 aromatic carbocycles. The fourth-order valence-corrected chi connectivity index (χ4v) is 2.85. The maximum atomic E-state index is 12.0. The summed E-state index contributed by atoms with van der Waals surface area (Å²) in [4.78, 5) is 27.8. The third-order valence-corrected chi connectivity index (χ3v) is 3.98. The number of hydrogen-bond donors (Lipinski definition) is 2. The van der Waals surface area contributed by atoms with Crippen molar-refractivity contribution < 1.29 is 14.7 Å². The van der Waals surface area contributed by atoms with Crippen LogP contribution in [0.25, 0.3) is 6.08 Å². The van der Waals surface area contributed by atoms with Crippen molar-refractivity contribution >= 4 is 40.6 Å². The molecule has 1 heterocycles. The molecule has 6 heteroatoms. The Hall–Kier alpha value is -2.86. The topological polar surface area (TPSA) is 78.8 Å². The summed E-state index contributed by atoms with van der Waals surface area (Å²) in [5.41, 5.74) is 1.56. The van der Waals surface area contributed by atoms with Crippen molar-refractivity contribution in [3.05, 3.63) is 70.6 Å². The number of carboxylic acids is 1. The summed E-state index contributed by atoms with van der Waals surface area (Å²) in [7, 11) is 0. The molecule has 3 rings (SSSR count). The standard InChI is InChI=1S/C17H12N2O3S/c20-15-14(9-11-5-2-1-3-6-11)23-17(19-15)18-13-8-4-7-12(10-13)16(21)22/h1-10H,(H,21,22)(H,18,19,20)/b14-9-. The number of carbonyl (C=O) groups is 2. The summed E-state index contributed by atoms with van der Waals surface area (Å²) in [5, 5.41) is 12.1. The number of amidine groups is 1. The number of nitrogens with zero attached hydrogens (tertiary/aromatic N) is 1. The van der Waals surface area contributed by atoms with Gasteiger partial charge in [-0.2, -0.15) is 0 Å². The number of carbonyl (C=O) groups excluding carboxylic acids is 1. The highest BCUT2D eigenvalue weighted by Crippen LogP contribution is 2.28. The van der Waals surface area contributed by atoms with E-state index in [1.165, 1.54) is 23.9 Å². The van der Waals surface area contributed by atoms with Gasteiger partial charge >= 0.3 is 5.97 Å². The monoisotopic (exact) mass is 324 g/mol. The first-order valence-corrected chi connectivity index (χ1v) is 7.61. The number of carboxylic acid groups (broad SMARTS) is 1. The predicted molar refractivity (Wildman–Crippen MR) is 90.6 cm³/mol. The van der Waals surface area contributed by atoms with Gasteiger partial charge in [-0.15, -0.1) is 0 Å². The molecule has 0 radical (unpaired) electrons. The molecule has 23 heavy (non-hydrogen) atoms. The molecule has 2 aromatic rings. The second kappa shape index (κ2) is 6.50. The van der Waals surface area contributed by atoms with Gasteiger partial charge in [-0.05, 0) is 41.6 Å². The lowest BCUT2D eigenvalue weighted by Crippen LogP contribution is -2.19. The van der Waals surface area contributed by atoms with Crippen molar-refractivity contribution in [2.45, 2.75) is 0 Å². The molecule has 0 unspecified atom stereocenters. The van der Waals surface area contributed by atoms with Gasteiger partial charge in [-0.25, -0.2) is 9.79 Å². The Labute approximate surface area is 136 Å². The highest BCUT2D eigenvalue weighted by atomic mass is 32.2. The van der Waals surface area contributed by atoms with E-state index >= 15 is 0 Å². The fourth-order valence-electron chi connectivity index (χ4n) is 2.01. The molecule has 1 aliphatic heterocycles. The van der Waals surface area contributed by atoms with Crippen LogP contribution in [0, 0.1) is 0 Å². The Morgan fingerprint density at radius 1 is 1.13 bits per heavy atom. The Morgan fingerprint density at radius 2 is 1.91 bits per heavy atom. The van der Waals surface area contributed by atoms with E-state index in [-0.39, 0.29) is 11.5 Å². The molecule has 114 valence electrons. The number of amides is 1. The van der Waals surface area contributed by atoms with Crippen LogP contribution in [0.5, 0.6) is 0 Å². The fraction of sp³-hybridized carbons (Fsp3) is 0. The van der Waals surface area contributed by atoms with E-state index in [2.05, 4.69) is 10.3 Å². The molecule has 0 aliphatic carbocycles. The van der Waals surface area contributed by atoms with Crippen molar-refractivity contribution in [3.63, 3.8) is 0 Å². The van der Waals surface area contributed by atoms with Gasteiger partial charge in [0.05, 0.1) is 16.2 Å². The lowest BCUT2D eigenvalue weighted by atomic mass is 10.2. The number of hydrogen-bond acceptors (Lipinski definition) is 4. The first kappa shape index (κ1) is 15.1. The molecule has 1 aliphatic rings. The van der Waals surface area contributed by atoms with Crippen LogP contribution in [0.3, 0.4) is 0 Å². The van der Waals surface area contributed by atoms with Crippen LogP contribution in [0.4, 0.5) is 5.69 Å². The zero-order chi connectivity index (χ0) is 16.2. The molecular weight excluding hydrogens is 312 g/mol. The number of thioether (sulfide) groups is 1. The summed E-state index contributed by atoms with van der Waals surface area (Å²) in [6, 6.07) is 15.8. The molecule has 2 N–H and O–H groups in total. The molecular formula is C17H12N2O3S. The minimum atomic E-state index is -1.01. The van der Waals surface area contributed by atoms with Crippen molar-refractivity contribution in [2.75, 3.05) is 0 Å². The highest BCUT2D eigenvalue weighted by Gasteiger charge is 2.23. The second-order valence-corrected chi connectivity index (χ2v) is 5.78. The molecule has 0 saturated carbocycles. The van der Waals surface area contributed by atoms with Crippen LogP contribution < -0.4 is 5.32 Å². The predicted octanol–water partition coefficient (Wildman–Crippen LogP) is 3.28. The summed E-state index contributed by atoms with van der Waals surface area (Å²) in [5.74, 6) is -1.23. The van der Waals surface area contributed by atoms with Crippen LogP contribution in [0.1, 0.15) is 15.9 Å². The average molecular weight is 324 g/mol. The largest absolute Gasteiger partial charge is 0.478 e. The van der Waals surface area contributed by atoms with Crippen molar-refractivity contribution in [1.29, 1.82) is 0 Å². The summed E-state index contributed by atoms with van der Waals surface area (Å²) in [6.07, 6.45) is 1.79. The zero-order valence-electron chi connectivity index (χ0n) is 11.9. The number of aromatic carboxylic acids is 1. The minimum Gasteiger partial charge on any atom is -0.478 e. The molecule has 0 atom stereocenters. The quantitative estimate of drug-likeness (QED) is 0.849. The van der Waals surface area contributed by atoms with Crippen LogP contribution >= 0.6 is 11.8 Å². The second-order valence-electron chi connectivity index (χ2n) is 4.75. The van der Waals surface area contributed by atoms with Crippen molar-refractivity contribution in [3.8, 4) is 0 Å². The van der Waals surface area contributed by atoms with Crippen molar-refractivity contribution in [2.24, 2.45) is 4.99 Å². The van der Waals surface area contributed by atoms with Gasteiger partial charge in [0, 0.05) is 0 Å². The molecule has 0 bridgehead atoms. The number of rotatable bonds is 3. The van der Waals surface area contributed by atoms with E-state index in [1.54, 1.807) is 18.2 Å². The smallest absolute Gasteiger partial charge is 0.335 e.